The molecule has 1 atom stereocenters. The van der Waals surface area contributed by atoms with E-state index in [0.717, 1.165) is 30.0 Å². The summed E-state index contributed by atoms with van der Waals surface area (Å²) in [7, 11) is 0. The minimum absolute atomic E-state index is 0.125. The minimum atomic E-state index is -0.372. The third-order valence-electron chi connectivity index (χ3n) is 3.55. The number of hydrogen-bond donors (Lipinski definition) is 0. The second kappa shape index (κ2) is 6.64. The molecular formula is C15H14ClN3O2S. The van der Waals surface area contributed by atoms with E-state index in [-0.39, 0.29) is 16.0 Å². The fourth-order valence-corrected chi connectivity index (χ4v) is 3.88. The van der Waals surface area contributed by atoms with E-state index in [0.29, 0.717) is 5.15 Å². The van der Waals surface area contributed by atoms with Crippen molar-refractivity contribution in [1.82, 2.24) is 9.88 Å². The van der Waals surface area contributed by atoms with Crippen LogP contribution in [-0.4, -0.2) is 27.1 Å². The van der Waals surface area contributed by atoms with Crippen LogP contribution in [0, 0.1) is 10.1 Å². The molecular weight excluding hydrogens is 322 g/mol. The molecule has 3 rings (SSSR count). The first-order valence-corrected chi connectivity index (χ1v) is 8.26. The van der Waals surface area contributed by atoms with Crippen LogP contribution < -0.4 is 0 Å². The summed E-state index contributed by atoms with van der Waals surface area (Å²) in [5.41, 5.74) is 2.33. The summed E-state index contributed by atoms with van der Waals surface area (Å²) in [5, 5.41) is 11.4. The molecule has 1 fully saturated rings. The zero-order valence-electron chi connectivity index (χ0n) is 11.7. The molecule has 0 aliphatic carbocycles. The standard InChI is InChI=1S/C15H14ClN3O2S/c16-14-6-1-11(9-17-14)10-18-7-8-22-15(18)12-2-4-13(5-3-12)19(20)21/h1-6,9,15H,7-8,10H2. The zero-order valence-corrected chi connectivity index (χ0v) is 13.3. The van der Waals surface area contributed by atoms with Gasteiger partial charge in [-0.2, -0.15) is 0 Å². The maximum Gasteiger partial charge on any atom is 0.269 e. The van der Waals surface area contributed by atoms with Crippen molar-refractivity contribution in [3.63, 3.8) is 0 Å². The van der Waals surface area contributed by atoms with Gasteiger partial charge in [0.15, 0.2) is 0 Å². The lowest BCUT2D eigenvalue weighted by Crippen LogP contribution is -2.22. The fourth-order valence-electron chi connectivity index (χ4n) is 2.47. The van der Waals surface area contributed by atoms with Crippen molar-refractivity contribution in [1.29, 1.82) is 0 Å². The van der Waals surface area contributed by atoms with Gasteiger partial charge in [0, 0.05) is 37.2 Å². The summed E-state index contributed by atoms with van der Waals surface area (Å²) < 4.78 is 0. The van der Waals surface area contributed by atoms with Crippen LogP contribution in [0.15, 0.2) is 42.6 Å². The van der Waals surface area contributed by atoms with Crippen LogP contribution in [0.25, 0.3) is 0 Å². The largest absolute Gasteiger partial charge is 0.283 e. The van der Waals surface area contributed by atoms with Crippen LogP contribution in [0.1, 0.15) is 16.5 Å². The Hall–Kier alpha value is -1.63. The molecule has 1 saturated heterocycles. The van der Waals surface area contributed by atoms with E-state index in [9.17, 15) is 10.1 Å². The van der Waals surface area contributed by atoms with Gasteiger partial charge in [0.2, 0.25) is 0 Å². The van der Waals surface area contributed by atoms with Crippen LogP contribution >= 0.6 is 23.4 Å². The molecule has 0 radical (unpaired) electrons. The SMILES string of the molecule is O=[N+]([O-])c1ccc(C2SCCN2Cc2ccc(Cl)nc2)cc1. The van der Waals surface area contributed by atoms with E-state index < -0.39 is 0 Å². The zero-order chi connectivity index (χ0) is 15.5. The quantitative estimate of drug-likeness (QED) is 0.482. The highest BCUT2D eigenvalue weighted by atomic mass is 35.5. The predicted molar refractivity (Wildman–Crippen MR) is 88.0 cm³/mol. The van der Waals surface area contributed by atoms with E-state index in [1.807, 2.05) is 30.0 Å². The van der Waals surface area contributed by atoms with Gasteiger partial charge in [-0.25, -0.2) is 4.98 Å². The first-order chi connectivity index (χ1) is 10.6. The van der Waals surface area contributed by atoms with E-state index in [2.05, 4.69) is 9.88 Å². The molecule has 114 valence electrons. The number of aromatic nitrogens is 1. The normalized spacial score (nSPS) is 18.5. The van der Waals surface area contributed by atoms with Crippen molar-refractivity contribution >= 4 is 29.1 Å². The van der Waals surface area contributed by atoms with Crippen LogP contribution in [0.5, 0.6) is 0 Å². The van der Waals surface area contributed by atoms with Gasteiger partial charge in [-0.15, -0.1) is 11.8 Å². The maximum atomic E-state index is 10.7. The van der Waals surface area contributed by atoms with Crippen molar-refractivity contribution in [2.24, 2.45) is 0 Å². The average Bonchev–Trinajstić information content (AvgIpc) is 2.98. The molecule has 2 aromatic rings. The Morgan fingerprint density at radius 1 is 1.32 bits per heavy atom. The minimum Gasteiger partial charge on any atom is -0.283 e. The van der Waals surface area contributed by atoms with Gasteiger partial charge in [-0.3, -0.25) is 15.0 Å². The summed E-state index contributed by atoms with van der Waals surface area (Å²) in [6, 6.07) is 10.6. The summed E-state index contributed by atoms with van der Waals surface area (Å²) in [4.78, 5) is 16.8. The molecule has 0 spiro atoms. The molecule has 2 heterocycles. The van der Waals surface area contributed by atoms with Crippen LogP contribution in [-0.2, 0) is 6.54 Å². The Morgan fingerprint density at radius 3 is 2.73 bits per heavy atom. The Morgan fingerprint density at radius 2 is 2.09 bits per heavy atom. The maximum absolute atomic E-state index is 10.7. The van der Waals surface area contributed by atoms with Crippen molar-refractivity contribution < 1.29 is 4.92 Å². The Bertz CT molecular complexity index is 663. The highest BCUT2D eigenvalue weighted by Gasteiger charge is 2.27. The van der Waals surface area contributed by atoms with Gasteiger partial charge >= 0.3 is 0 Å². The van der Waals surface area contributed by atoms with Gasteiger partial charge in [-0.1, -0.05) is 17.7 Å². The van der Waals surface area contributed by atoms with E-state index in [1.54, 1.807) is 24.4 Å². The van der Waals surface area contributed by atoms with Crippen molar-refractivity contribution in [2.75, 3.05) is 12.3 Å². The Labute approximate surface area is 137 Å². The molecule has 0 bridgehead atoms. The number of nitrogens with zero attached hydrogens (tertiary/aromatic N) is 3. The first-order valence-electron chi connectivity index (χ1n) is 6.84. The number of rotatable bonds is 4. The summed E-state index contributed by atoms with van der Waals surface area (Å²) in [6.07, 6.45) is 1.79. The van der Waals surface area contributed by atoms with E-state index >= 15 is 0 Å². The molecule has 5 nitrogen and oxygen atoms in total. The van der Waals surface area contributed by atoms with Crippen molar-refractivity contribution in [3.8, 4) is 0 Å². The average molecular weight is 336 g/mol. The number of thioether (sulfide) groups is 1. The molecule has 1 aromatic carbocycles. The Kier molecular flexibility index (Phi) is 4.61. The lowest BCUT2D eigenvalue weighted by Gasteiger charge is -2.23. The highest BCUT2D eigenvalue weighted by molar-refractivity contribution is 7.99. The van der Waals surface area contributed by atoms with Crippen molar-refractivity contribution in [3.05, 3.63) is 69.0 Å². The molecule has 0 N–H and O–H groups in total. The summed E-state index contributed by atoms with van der Waals surface area (Å²) >= 11 is 7.66. The smallest absolute Gasteiger partial charge is 0.269 e. The van der Waals surface area contributed by atoms with Crippen LogP contribution in [0.3, 0.4) is 0 Å². The second-order valence-electron chi connectivity index (χ2n) is 5.03. The van der Waals surface area contributed by atoms with Gasteiger partial charge in [0.05, 0.1) is 10.3 Å². The van der Waals surface area contributed by atoms with Crippen LogP contribution in [0.4, 0.5) is 5.69 Å². The van der Waals surface area contributed by atoms with Gasteiger partial charge in [0.25, 0.3) is 5.69 Å². The van der Waals surface area contributed by atoms with Gasteiger partial charge < -0.3 is 0 Å². The number of nitro groups is 1. The highest BCUT2D eigenvalue weighted by Crippen LogP contribution is 2.39. The topological polar surface area (TPSA) is 59.3 Å². The molecule has 22 heavy (non-hydrogen) atoms. The van der Waals surface area contributed by atoms with E-state index in [1.165, 1.54) is 0 Å². The molecule has 1 aromatic heterocycles. The summed E-state index contributed by atoms with van der Waals surface area (Å²) in [6.45, 7) is 1.77. The monoisotopic (exact) mass is 335 g/mol. The third-order valence-corrected chi connectivity index (χ3v) is 5.08. The molecule has 1 aliphatic heterocycles. The summed E-state index contributed by atoms with van der Waals surface area (Å²) in [5.74, 6) is 1.04. The van der Waals surface area contributed by atoms with Gasteiger partial charge in [0.1, 0.15) is 5.15 Å². The molecule has 0 saturated carbocycles. The van der Waals surface area contributed by atoms with Crippen LogP contribution in [0.2, 0.25) is 5.15 Å². The number of pyridine rings is 1. The molecule has 0 amide bonds. The van der Waals surface area contributed by atoms with Crippen molar-refractivity contribution in [2.45, 2.75) is 11.9 Å². The predicted octanol–water partition coefficient (Wildman–Crippen LogP) is 3.89. The third kappa shape index (κ3) is 3.40. The number of halogens is 1. The number of nitro benzene ring substituents is 1. The van der Waals surface area contributed by atoms with E-state index in [4.69, 9.17) is 11.6 Å². The second-order valence-corrected chi connectivity index (χ2v) is 6.61. The molecule has 1 unspecified atom stereocenters. The number of benzene rings is 1. The fraction of sp³-hybridized carbons (Fsp3) is 0.267. The molecule has 1 aliphatic rings. The van der Waals surface area contributed by atoms with Gasteiger partial charge in [-0.05, 0) is 29.3 Å². The number of hydrogen-bond acceptors (Lipinski definition) is 5. The lowest BCUT2D eigenvalue weighted by molar-refractivity contribution is -0.384. The Balaban J connectivity index is 1.75. The number of non-ortho nitro benzene ring substituents is 1. The first kappa shape index (κ1) is 15.3. The molecule has 7 heteroatoms. The lowest BCUT2D eigenvalue weighted by atomic mass is 10.1.